The van der Waals surface area contributed by atoms with Gasteiger partial charge in [-0.05, 0) is 25.5 Å². The smallest absolute Gasteiger partial charge is 0.335 e. The molecule has 0 saturated heterocycles. The summed E-state index contributed by atoms with van der Waals surface area (Å²) in [5.41, 5.74) is -0.159. The average Bonchev–Trinajstić information content (AvgIpc) is 2.36. The van der Waals surface area contributed by atoms with Gasteiger partial charge in [-0.15, -0.1) is 0 Å². The van der Waals surface area contributed by atoms with Gasteiger partial charge in [-0.25, -0.2) is 4.79 Å². The molecule has 2 unspecified atom stereocenters. The van der Waals surface area contributed by atoms with Gasteiger partial charge in [-0.1, -0.05) is 0 Å². The Bertz CT molecular complexity index is 547. The third-order valence-electron chi connectivity index (χ3n) is 2.68. The van der Waals surface area contributed by atoms with Crippen LogP contribution in [0.5, 0.6) is 0 Å². The molecule has 0 aliphatic rings. The molecule has 8 heteroatoms. The number of aromatic carboxylic acids is 1. The summed E-state index contributed by atoms with van der Waals surface area (Å²) in [6.07, 6.45) is 2.19. The summed E-state index contributed by atoms with van der Waals surface area (Å²) in [6.45, 7) is 1.82. The molecule has 0 aliphatic heterocycles. The second-order valence-corrected chi connectivity index (χ2v) is 5.96. The van der Waals surface area contributed by atoms with Crippen molar-refractivity contribution in [3.05, 3.63) is 33.9 Å². The van der Waals surface area contributed by atoms with E-state index in [9.17, 15) is 19.1 Å². The number of carboxylic acid groups (broad SMARTS) is 1. The van der Waals surface area contributed by atoms with E-state index in [0.29, 0.717) is 12.2 Å². The number of nitrogens with zero attached hydrogens (tertiary/aromatic N) is 1. The molecular weight excluding hydrogens is 284 g/mol. The molecule has 7 nitrogen and oxygen atoms in total. The minimum absolute atomic E-state index is 0.103. The lowest BCUT2D eigenvalue weighted by Crippen LogP contribution is -2.18. The molecule has 0 aliphatic carbocycles. The average molecular weight is 300 g/mol. The standard InChI is InChI=1S/C12H16N2O5S/c1-8(5-6-20(2)19)13-10-4-3-9(12(15)16)7-11(10)14(17)18/h3-4,7-8,13H,5-6H2,1-2H3,(H,15,16). The van der Waals surface area contributed by atoms with Gasteiger partial charge in [0.1, 0.15) is 5.69 Å². The van der Waals surface area contributed by atoms with Crippen LogP contribution >= 0.6 is 0 Å². The summed E-state index contributed by atoms with van der Waals surface area (Å²) in [5.74, 6) is -0.719. The van der Waals surface area contributed by atoms with E-state index >= 15 is 0 Å². The second kappa shape index (κ2) is 6.99. The van der Waals surface area contributed by atoms with E-state index in [4.69, 9.17) is 5.11 Å². The molecule has 1 aromatic rings. The summed E-state index contributed by atoms with van der Waals surface area (Å²) in [4.78, 5) is 21.2. The number of benzene rings is 1. The normalized spacial score (nSPS) is 13.5. The Morgan fingerprint density at radius 2 is 2.20 bits per heavy atom. The van der Waals surface area contributed by atoms with Crippen molar-refractivity contribution in [2.24, 2.45) is 0 Å². The van der Waals surface area contributed by atoms with Gasteiger partial charge in [-0.2, -0.15) is 0 Å². The van der Waals surface area contributed by atoms with Crippen LogP contribution in [-0.4, -0.2) is 38.3 Å². The molecule has 0 saturated carbocycles. The van der Waals surface area contributed by atoms with Gasteiger partial charge in [0, 0.05) is 34.9 Å². The monoisotopic (exact) mass is 300 g/mol. The molecule has 20 heavy (non-hydrogen) atoms. The number of rotatable bonds is 7. The lowest BCUT2D eigenvalue weighted by Gasteiger charge is -2.14. The quantitative estimate of drug-likeness (QED) is 0.587. The van der Waals surface area contributed by atoms with Gasteiger partial charge in [0.2, 0.25) is 0 Å². The predicted octanol–water partition coefficient (Wildman–Crippen LogP) is 1.86. The number of nitro benzene ring substituents is 1. The van der Waals surface area contributed by atoms with Crippen LogP contribution in [0.3, 0.4) is 0 Å². The first-order chi connectivity index (χ1) is 9.31. The minimum Gasteiger partial charge on any atom is -0.478 e. The number of carboxylic acids is 1. The summed E-state index contributed by atoms with van der Waals surface area (Å²) >= 11 is 0. The van der Waals surface area contributed by atoms with Gasteiger partial charge in [0.25, 0.3) is 5.69 Å². The maximum atomic E-state index is 11.0. The van der Waals surface area contributed by atoms with E-state index in [0.717, 1.165) is 6.07 Å². The fourth-order valence-electron chi connectivity index (χ4n) is 1.62. The van der Waals surface area contributed by atoms with Gasteiger partial charge in [0.15, 0.2) is 0 Å². The van der Waals surface area contributed by atoms with Crippen molar-refractivity contribution < 1.29 is 19.0 Å². The van der Waals surface area contributed by atoms with Gasteiger partial charge in [0.05, 0.1) is 10.5 Å². The van der Waals surface area contributed by atoms with E-state index in [1.165, 1.54) is 12.1 Å². The van der Waals surface area contributed by atoms with E-state index in [-0.39, 0.29) is 23.0 Å². The molecule has 0 spiro atoms. The summed E-state index contributed by atoms with van der Waals surface area (Å²) in [7, 11) is -0.920. The Kier molecular flexibility index (Phi) is 5.63. The fourth-order valence-corrected chi connectivity index (χ4v) is 2.30. The Hall–Kier alpha value is -1.96. The number of anilines is 1. The minimum atomic E-state index is -1.21. The molecule has 0 fully saturated rings. The highest BCUT2D eigenvalue weighted by atomic mass is 32.2. The maximum absolute atomic E-state index is 11.0. The molecule has 0 aromatic heterocycles. The van der Waals surface area contributed by atoms with Crippen LogP contribution in [-0.2, 0) is 10.8 Å². The zero-order valence-corrected chi connectivity index (χ0v) is 12.0. The Morgan fingerprint density at radius 1 is 1.55 bits per heavy atom. The Balaban J connectivity index is 2.91. The molecule has 2 atom stereocenters. The summed E-state index contributed by atoms with van der Waals surface area (Å²) < 4.78 is 11.0. The van der Waals surface area contributed by atoms with Crippen molar-refractivity contribution in [3.63, 3.8) is 0 Å². The van der Waals surface area contributed by atoms with Crippen LogP contribution < -0.4 is 5.32 Å². The van der Waals surface area contributed by atoms with E-state index < -0.39 is 21.7 Å². The molecule has 2 N–H and O–H groups in total. The molecule has 0 radical (unpaired) electrons. The van der Waals surface area contributed by atoms with Gasteiger partial charge >= 0.3 is 5.97 Å². The van der Waals surface area contributed by atoms with Crippen LogP contribution in [0.4, 0.5) is 11.4 Å². The Labute approximate surface area is 118 Å². The first-order valence-electron chi connectivity index (χ1n) is 5.89. The van der Waals surface area contributed by atoms with E-state index in [1.807, 2.05) is 6.92 Å². The van der Waals surface area contributed by atoms with Crippen LogP contribution in [0.2, 0.25) is 0 Å². The van der Waals surface area contributed by atoms with Crippen molar-refractivity contribution in [2.75, 3.05) is 17.3 Å². The second-order valence-electron chi connectivity index (χ2n) is 4.41. The fraction of sp³-hybridized carbons (Fsp3) is 0.417. The van der Waals surface area contributed by atoms with E-state index in [2.05, 4.69) is 5.32 Å². The third-order valence-corrected chi connectivity index (χ3v) is 3.49. The molecule has 1 rings (SSSR count). The summed E-state index contributed by atoms with van der Waals surface area (Å²) in [5, 5.41) is 22.7. The number of carbonyl (C=O) groups is 1. The number of nitro groups is 1. The highest BCUT2D eigenvalue weighted by Gasteiger charge is 2.18. The van der Waals surface area contributed by atoms with E-state index in [1.54, 1.807) is 6.26 Å². The van der Waals surface area contributed by atoms with Crippen molar-refractivity contribution in [1.29, 1.82) is 0 Å². The molecule has 0 bridgehead atoms. The molecule has 0 heterocycles. The van der Waals surface area contributed by atoms with Crippen molar-refractivity contribution in [3.8, 4) is 0 Å². The zero-order chi connectivity index (χ0) is 15.3. The molecule has 110 valence electrons. The van der Waals surface area contributed by atoms with Crippen LogP contribution in [0.15, 0.2) is 18.2 Å². The van der Waals surface area contributed by atoms with Crippen LogP contribution in [0.1, 0.15) is 23.7 Å². The van der Waals surface area contributed by atoms with Gasteiger partial charge < -0.3 is 10.4 Å². The van der Waals surface area contributed by atoms with Crippen molar-refractivity contribution in [1.82, 2.24) is 0 Å². The Morgan fingerprint density at radius 3 is 2.70 bits per heavy atom. The molecule has 1 aromatic carbocycles. The number of hydrogen-bond acceptors (Lipinski definition) is 5. The lowest BCUT2D eigenvalue weighted by atomic mass is 10.1. The van der Waals surface area contributed by atoms with Crippen molar-refractivity contribution in [2.45, 2.75) is 19.4 Å². The predicted molar refractivity (Wildman–Crippen MR) is 76.7 cm³/mol. The highest BCUT2D eigenvalue weighted by Crippen LogP contribution is 2.26. The number of hydrogen-bond donors (Lipinski definition) is 2. The SMILES string of the molecule is CC(CCS(C)=O)Nc1ccc(C(=O)O)cc1[N+](=O)[O-]. The lowest BCUT2D eigenvalue weighted by molar-refractivity contribution is -0.384. The first-order valence-corrected chi connectivity index (χ1v) is 7.62. The zero-order valence-electron chi connectivity index (χ0n) is 11.2. The molecule has 0 amide bonds. The summed E-state index contributed by atoms with van der Waals surface area (Å²) in [6, 6.07) is 3.60. The highest BCUT2D eigenvalue weighted by molar-refractivity contribution is 7.84. The molecular formula is C12H16N2O5S. The third kappa shape index (κ3) is 4.61. The number of nitrogens with one attached hydrogen (secondary N) is 1. The van der Waals surface area contributed by atoms with Gasteiger partial charge in [-0.3, -0.25) is 14.3 Å². The topological polar surface area (TPSA) is 110 Å². The maximum Gasteiger partial charge on any atom is 0.335 e. The largest absolute Gasteiger partial charge is 0.478 e. The van der Waals surface area contributed by atoms with Crippen LogP contribution in [0, 0.1) is 10.1 Å². The van der Waals surface area contributed by atoms with Crippen molar-refractivity contribution >= 4 is 28.1 Å². The van der Waals surface area contributed by atoms with Crippen LogP contribution in [0.25, 0.3) is 0 Å². The first kappa shape index (κ1) is 16.1.